The van der Waals surface area contributed by atoms with E-state index in [1.807, 2.05) is 46.7 Å². The summed E-state index contributed by atoms with van der Waals surface area (Å²) in [6, 6.07) is 11.6. The number of amides is 2. The standard InChI is InChI=1S/C21H24N2O3S/c24-17-7-11-23(12-8-17)19(25)14-15-3-5-16(6-4-15)22-20(26)21(9-10-21)18-2-1-13-27-18/h1-6,13,17,24H,7-12,14H2,(H,22,26). The van der Waals surface area contributed by atoms with Gasteiger partial charge in [0.1, 0.15) is 0 Å². The van der Waals surface area contributed by atoms with Gasteiger partial charge in [0, 0.05) is 23.7 Å². The molecule has 1 aromatic heterocycles. The Morgan fingerprint density at radius 1 is 1.15 bits per heavy atom. The van der Waals surface area contributed by atoms with E-state index >= 15 is 0 Å². The van der Waals surface area contributed by atoms with E-state index in [0.29, 0.717) is 32.4 Å². The fraction of sp³-hybridized carbons (Fsp3) is 0.429. The summed E-state index contributed by atoms with van der Waals surface area (Å²) in [6.07, 6.45) is 3.18. The number of benzene rings is 1. The Labute approximate surface area is 163 Å². The van der Waals surface area contributed by atoms with Crippen molar-refractivity contribution in [3.63, 3.8) is 0 Å². The molecule has 0 radical (unpaired) electrons. The molecule has 1 aliphatic heterocycles. The van der Waals surface area contributed by atoms with Crippen LogP contribution < -0.4 is 5.32 Å². The minimum absolute atomic E-state index is 0.0562. The molecule has 0 bridgehead atoms. The summed E-state index contributed by atoms with van der Waals surface area (Å²) in [6.45, 7) is 1.25. The third-order valence-corrected chi connectivity index (χ3v) is 6.64. The normalized spacial score (nSPS) is 18.9. The predicted octanol–water partition coefficient (Wildman–Crippen LogP) is 2.94. The van der Waals surface area contributed by atoms with E-state index < -0.39 is 0 Å². The van der Waals surface area contributed by atoms with E-state index in [1.165, 1.54) is 0 Å². The number of nitrogens with one attached hydrogen (secondary N) is 1. The predicted molar refractivity (Wildman–Crippen MR) is 106 cm³/mol. The molecule has 2 aliphatic rings. The van der Waals surface area contributed by atoms with Crippen molar-refractivity contribution in [1.82, 2.24) is 4.90 Å². The van der Waals surface area contributed by atoms with Crippen molar-refractivity contribution in [2.45, 2.75) is 43.6 Å². The van der Waals surface area contributed by atoms with Crippen molar-refractivity contribution in [2.75, 3.05) is 18.4 Å². The molecule has 1 saturated heterocycles. The maximum Gasteiger partial charge on any atom is 0.235 e. The van der Waals surface area contributed by atoms with Crippen LogP contribution in [-0.4, -0.2) is 41.0 Å². The first kappa shape index (κ1) is 18.2. The number of thiophene rings is 1. The Bertz CT molecular complexity index is 804. The van der Waals surface area contributed by atoms with Crippen molar-refractivity contribution in [2.24, 2.45) is 0 Å². The molecule has 1 aliphatic carbocycles. The second-order valence-electron chi connectivity index (χ2n) is 7.50. The van der Waals surface area contributed by atoms with Gasteiger partial charge in [-0.25, -0.2) is 0 Å². The lowest BCUT2D eigenvalue weighted by Gasteiger charge is -2.29. The third-order valence-electron chi connectivity index (χ3n) is 5.56. The Balaban J connectivity index is 1.34. The molecule has 2 heterocycles. The molecule has 6 heteroatoms. The van der Waals surface area contributed by atoms with Crippen molar-refractivity contribution >= 4 is 28.8 Å². The number of anilines is 1. The van der Waals surface area contributed by atoms with Gasteiger partial charge < -0.3 is 15.3 Å². The van der Waals surface area contributed by atoms with Gasteiger partial charge >= 0.3 is 0 Å². The molecule has 0 spiro atoms. The number of aliphatic hydroxyl groups excluding tert-OH is 1. The first-order valence-electron chi connectivity index (χ1n) is 9.47. The quantitative estimate of drug-likeness (QED) is 0.833. The van der Waals surface area contributed by atoms with Crippen molar-refractivity contribution in [3.8, 4) is 0 Å². The molecule has 2 amide bonds. The number of hydrogen-bond acceptors (Lipinski definition) is 4. The number of piperidine rings is 1. The molecular weight excluding hydrogens is 360 g/mol. The molecule has 27 heavy (non-hydrogen) atoms. The minimum Gasteiger partial charge on any atom is -0.393 e. The van der Waals surface area contributed by atoms with Crippen molar-refractivity contribution in [1.29, 1.82) is 0 Å². The summed E-state index contributed by atoms with van der Waals surface area (Å²) in [7, 11) is 0. The molecule has 5 nitrogen and oxygen atoms in total. The van der Waals surface area contributed by atoms with E-state index in [0.717, 1.165) is 29.0 Å². The van der Waals surface area contributed by atoms with Crippen LogP contribution in [0.2, 0.25) is 0 Å². The average molecular weight is 385 g/mol. The fourth-order valence-corrected chi connectivity index (χ4v) is 4.60. The Morgan fingerprint density at radius 2 is 1.85 bits per heavy atom. The van der Waals surface area contributed by atoms with Crippen molar-refractivity contribution in [3.05, 3.63) is 52.2 Å². The summed E-state index contributed by atoms with van der Waals surface area (Å²) >= 11 is 1.64. The summed E-state index contributed by atoms with van der Waals surface area (Å²) in [5, 5.41) is 14.6. The highest BCUT2D eigenvalue weighted by Gasteiger charge is 2.52. The maximum atomic E-state index is 12.7. The van der Waals surface area contributed by atoms with Crippen LogP contribution in [0.15, 0.2) is 41.8 Å². The molecule has 2 N–H and O–H groups in total. The van der Waals surface area contributed by atoms with Gasteiger partial charge in [-0.3, -0.25) is 9.59 Å². The van der Waals surface area contributed by atoms with Crippen LogP contribution in [0.4, 0.5) is 5.69 Å². The molecule has 2 aromatic rings. The number of aliphatic hydroxyl groups is 1. The summed E-state index contributed by atoms with van der Waals surface area (Å²) < 4.78 is 0. The summed E-state index contributed by atoms with van der Waals surface area (Å²) in [5.41, 5.74) is 1.35. The van der Waals surface area contributed by atoms with Gasteiger partial charge in [0.25, 0.3) is 0 Å². The molecule has 1 saturated carbocycles. The minimum atomic E-state index is -0.346. The van der Waals surface area contributed by atoms with Gasteiger partial charge in [0.15, 0.2) is 0 Å². The maximum absolute atomic E-state index is 12.7. The zero-order valence-electron chi connectivity index (χ0n) is 15.2. The average Bonchev–Trinajstić information content (AvgIpc) is 3.30. The van der Waals surface area contributed by atoms with E-state index in [2.05, 4.69) is 5.32 Å². The van der Waals surface area contributed by atoms with Gasteiger partial charge in [-0.15, -0.1) is 11.3 Å². The number of hydrogen-bond donors (Lipinski definition) is 2. The van der Waals surface area contributed by atoms with E-state index in [4.69, 9.17) is 0 Å². The van der Waals surface area contributed by atoms with Crippen LogP contribution >= 0.6 is 11.3 Å². The molecule has 0 atom stereocenters. The van der Waals surface area contributed by atoms with Crippen LogP contribution in [0.25, 0.3) is 0 Å². The van der Waals surface area contributed by atoms with Crippen LogP contribution in [0.5, 0.6) is 0 Å². The van der Waals surface area contributed by atoms with Crippen LogP contribution in [0, 0.1) is 0 Å². The number of nitrogens with zero attached hydrogens (tertiary/aromatic N) is 1. The highest BCUT2D eigenvalue weighted by molar-refractivity contribution is 7.10. The third kappa shape index (κ3) is 3.92. The lowest BCUT2D eigenvalue weighted by atomic mass is 10.0. The lowest BCUT2D eigenvalue weighted by molar-refractivity contribution is -0.132. The smallest absolute Gasteiger partial charge is 0.235 e. The Kier molecular flexibility index (Phi) is 5.02. The molecule has 1 aromatic carbocycles. The van der Waals surface area contributed by atoms with Gasteiger partial charge in [0.2, 0.25) is 11.8 Å². The highest BCUT2D eigenvalue weighted by atomic mass is 32.1. The number of rotatable bonds is 5. The lowest BCUT2D eigenvalue weighted by Crippen LogP contribution is -2.40. The van der Waals surface area contributed by atoms with Crippen LogP contribution in [-0.2, 0) is 21.4 Å². The fourth-order valence-electron chi connectivity index (χ4n) is 3.62. The summed E-state index contributed by atoms with van der Waals surface area (Å²) in [4.78, 5) is 28.0. The van der Waals surface area contributed by atoms with Crippen molar-refractivity contribution < 1.29 is 14.7 Å². The first-order chi connectivity index (χ1) is 13.1. The zero-order valence-corrected chi connectivity index (χ0v) is 16.0. The number of likely N-dealkylation sites (tertiary alicyclic amines) is 1. The second kappa shape index (κ2) is 7.44. The monoisotopic (exact) mass is 384 g/mol. The molecule has 142 valence electrons. The Hall–Kier alpha value is -2.18. The van der Waals surface area contributed by atoms with Crippen LogP contribution in [0.3, 0.4) is 0 Å². The Morgan fingerprint density at radius 3 is 2.44 bits per heavy atom. The topological polar surface area (TPSA) is 69.6 Å². The molecule has 0 unspecified atom stereocenters. The van der Waals surface area contributed by atoms with E-state index in [1.54, 1.807) is 11.3 Å². The van der Waals surface area contributed by atoms with E-state index in [9.17, 15) is 14.7 Å². The molecule has 4 rings (SSSR count). The van der Waals surface area contributed by atoms with Gasteiger partial charge in [0.05, 0.1) is 17.9 Å². The van der Waals surface area contributed by atoms with Gasteiger partial charge in [-0.2, -0.15) is 0 Å². The SMILES string of the molecule is O=C(Cc1ccc(NC(=O)C2(c3cccs3)CC2)cc1)N1CCC(O)CC1. The molecule has 2 fully saturated rings. The number of carbonyl (C=O) groups is 2. The highest BCUT2D eigenvalue weighted by Crippen LogP contribution is 2.50. The van der Waals surface area contributed by atoms with E-state index in [-0.39, 0.29) is 23.3 Å². The first-order valence-corrected chi connectivity index (χ1v) is 10.3. The largest absolute Gasteiger partial charge is 0.393 e. The van der Waals surface area contributed by atoms with Gasteiger partial charge in [-0.1, -0.05) is 18.2 Å². The van der Waals surface area contributed by atoms with Gasteiger partial charge in [-0.05, 0) is 54.8 Å². The number of carbonyl (C=O) groups excluding carboxylic acids is 2. The molecular formula is C21H24N2O3S. The second-order valence-corrected chi connectivity index (χ2v) is 8.45. The van der Waals surface area contributed by atoms with Crippen LogP contribution in [0.1, 0.15) is 36.1 Å². The summed E-state index contributed by atoms with van der Waals surface area (Å²) in [5.74, 6) is 0.147. The zero-order chi connectivity index (χ0) is 18.9.